The van der Waals surface area contributed by atoms with E-state index in [0.717, 1.165) is 6.54 Å². The molecule has 0 radical (unpaired) electrons. The number of likely N-dealkylation sites (tertiary alicyclic amines) is 1. The second-order valence-electron chi connectivity index (χ2n) is 5.50. The molecule has 2 fully saturated rings. The van der Waals surface area contributed by atoms with Gasteiger partial charge in [0.1, 0.15) is 11.4 Å². The molecule has 0 bridgehead atoms. The minimum absolute atomic E-state index is 0.346. The molecule has 2 aliphatic rings. The van der Waals surface area contributed by atoms with Crippen LogP contribution >= 0.6 is 0 Å². The molecule has 3 rings (SSSR count). The van der Waals surface area contributed by atoms with Crippen molar-refractivity contribution in [3.63, 3.8) is 0 Å². The van der Waals surface area contributed by atoms with Crippen molar-refractivity contribution >= 4 is 11.6 Å². The van der Waals surface area contributed by atoms with Gasteiger partial charge in [-0.25, -0.2) is 4.39 Å². The van der Waals surface area contributed by atoms with E-state index in [1.54, 1.807) is 18.2 Å². The minimum Gasteiger partial charge on any atom is -0.368 e. The van der Waals surface area contributed by atoms with E-state index in [0.29, 0.717) is 24.7 Å². The highest BCUT2D eigenvalue weighted by Crippen LogP contribution is 2.35. The van der Waals surface area contributed by atoms with Crippen molar-refractivity contribution in [2.75, 3.05) is 18.4 Å². The Bertz CT molecular complexity index is 503. The Morgan fingerprint density at radius 3 is 2.79 bits per heavy atom. The fraction of sp³-hybridized carbons (Fsp3) is 0.500. The predicted molar refractivity (Wildman–Crippen MR) is 71.2 cm³/mol. The van der Waals surface area contributed by atoms with Crippen LogP contribution in [0.25, 0.3) is 0 Å². The van der Waals surface area contributed by atoms with Gasteiger partial charge in [-0.2, -0.15) is 0 Å². The third kappa shape index (κ3) is 2.30. The summed E-state index contributed by atoms with van der Waals surface area (Å²) in [6, 6.07) is 6.98. The lowest BCUT2D eigenvalue weighted by molar-refractivity contribution is -0.121. The molecule has 1 heterocycles. The van der Waals surface area contributed by atoms with Gasteiger partial charge in [-0.05, 0) is 31.4 Å². The SMILES string of the molecule is NC(=O)C1(Nc2ccccc2F)CCN(C2CC2)C1. The van der Waals surface area contributed by atoms with Crippen molar-refractivity contribution in [3.05, 3.63) is 30.1 Å². The Labute approximate surface area is 111 Å². The first kappa shape index (κ1) is 12.4. The van der Waals surface area contributed by atoms with Crippen LogP contribution in [-0.4, -0.2) is 35.5 Å². The number of hydrogen-bond donors (Lipinski definition) is 2. The number of rotatable bonds is 4. The summed E-state index contributed by atoms with van der Waals surface area (Å²) >= 11 is 0. The van der Waals surface area contributed by atoms with Crippen LogP contribution in [-0.2, 0) is 4.79 Å². The van der Waals surface area contributed by atoms with Crippen LogP contribution in [0.2, 0.25) is 0 Å². The third-order valence-electron chi connectivity index (χ3n) is 4.08. The second-order valence-corrected chi connectivity index (χ2v) is 5.50. The van der Waals surface area contributed by atoms with E-state index in [-0.39, 0.29) is 5.82 Å². The van der Waals surface area contributed by atoms with Gasteiger partial charge in [0.2, 0.25) is 5.91 Å². The number of primary amides is 1. The van der Waals surface area contributed by atoms with Gasteiger partial charge in [0, 0.05) is 19.1 Å². The molecule has 102 valence electrons. The lowest BCUT2D eigenvalue weighted by Gasteiger charge is -2.28. The van der Waals surface area contributed by atoms with Gasteiger partial charge in [-0.3, -0.25) is 9.69 Å². The zero-order valence-electron chi connectivity index (χ0n) is 10.7. The molecule has 1 saturated carbocycles. The lowest BCUT2D eigenvalue weighted by Crippen LogP contribution is -2.52. The Morgan fingerprint density at radius 2 is 2.16 bits per heavy atom. The molecule has 1 aliphatic heterocycles. The van der Waals surface area contributed by atoms with Gasteiger partial charge in [0.15, 0.2) is 0 Å². The maximum absolute atomic E-state index is 13.7. The molecular weight excluding hydrogens is 245 g/mol. The molecule has 1 atom stereocenters. The summed E-state index contributed by atoms with van der Waals surface area (Å²) < 4.78 is 13.7. The highest BCUT2D eigenvalue weighted by molar-refractivity contribution is 5.88. The smallest absolute Gasteiger partial charge is 0.244 e. The summed E-state index contributed by atoms with van der Waals surface area (Å²) in [6.07, 6.45) is 3.01. The number of anilines is 1. The van der Waals surface area contributed by atoms with Gasteiger partial charge in [0.05, 0.1) is 5.69 Å². The van der Waals surface area contributed by atoms with Gasteiger partial charge in [-0.15, -0.1) is 0 Å². The van der Waals surface area contributed by atoms with E-state index in [9.17, 15) is 9.18 Å². The Kier molecular flexibility index (Phi) is 2.93. The van der Waals surface area contributed by atoms with Gasteiger partial charge >= 0.3 is 0 Å². The molecule has 1 aromatic carbocycles. The van der Waals surface area contributed by atoms with E-state index < -0.39 is 11.4 Å². The Morgan fingerprint density at radius 1 is 1.42 bits per heavy atom. The Balaban J connectivity index is 1.82. The number of amides is 1. The quantitative estimate of drug-likeness (QED) is 0.861. The van der Waals surface area contributed by atoms with Crippen molar-refractivity contribution in [2.45, 2.75) is 30.8 Å². The summed E-state index contributed by atoms with van der Waals surface area (Å²) in [4.78, 5) is 14.1. The van der Waals surface area contributed by atoms with Gasteiger partial charge in [-0.1, -0.05) is 12.1 Å². The van der Waals surface area contributed by atoms with Gasteiger partial charge < -0.3 is 11.1 Å². The van der Waals surface area contributed by atoms with Crippen LogP contribution in [0.3, 0.4) is 0 Å². The maximum Gasteiger partial charge on any atom is 0.244 e. The topological polar surface area (TPSA) is 58.4 Å². The van der Waals surface area contributed by atoms with E-state index in [2.05, 4.69) is 10.2 Å². The summed E-state index contributed by atoms with van der Waals surface area (Å²) in [5.74, 6) is -0.757. The van der Waals surface area contributed by atoms with Crippen LogP contribution in [0.15, 0.2) is 24.3 Å². The molecule has 1 saturated heterocycles. The molecule has 19 heavy (non-hydrogen) atoms. The van der Waals surface area contributed by atoms with Crippen molar-refractivity contribution in [1.82, 2.24) is 4.90 Å². The second kappa shape index (κ2) is 4.49. The van der Waals surface area contributed by atoms with E-state index in [4.69, 9.17) is 5.73 Å². The standard InChI is InChI=1S/C14H18FN3O/c15-11-3-1-2-4-12(11)17-14(13(16)19)7-8-18(9-14)10-5-6-10/h1-4,10,17H,5-9H2,(H2,16,19). The first-order chi connectivity index (χ1) is 9.11. The summed E-state index contributed by atoms with van der Waals surface area (Å²) in [5.41, 5.74) is 5.07. The number of benzene rings is 1. The molecule has 1 aliphatic carbocycles. The summed E-state index contributed by atoms with van der Waals surface area (Å²) in [5, 5.41) is 3.04. The summed E-state index contributed by atoms with van der Waals surface area (Å²) in [6.45, 7) is 1.41. The number of hydrogen-bond acceptors (Lipinski definition) is 3. The molecule has 1 aromatic rings. The fourth-order valence-corrected chi connectivity index (χ4v) is 2.78. The number of nitrogens with one attached hydrogen (secondary N) is 1. The molecule has 5 heteroatoms. The number of nitrogens with two attached hydrogens (primary N) is 1. The number of carbonyl (C=O) groups excluding carboxylic acids is 1. The largest absolute Gasteiger partial charge is 0.368 e. The fourth-order valence-electron chi connectivity index (χ4n) is 2.78. The number of para-hydroxylation sites is 1. The highest BCUT2D eigenvalue weighted by atomic mass is 19.1. The molecule has 0 spiro atoms. The number of carbonyl (C=O) groups is 1. The van der Waals surface area contributed by atoms with E-state index in [1.807, 2.05) is 0 Å². The van der Waals surface area contributed by atoms with Crippen LogP contribution in [0.1, 0.15) is 19.3 Å². The van der Waals surface area contributed by atoms with E-state index in [1.165, 1.54) is 18.9 Å². The monoisotopic (exact) mass is 263 g/mol. The van der Waals surface area contributed by atoms with Crippen molar-refractivity contribution in [2.24, 2.45) is 5.73 Å². The summed E-state index contributed by atoms with van der Waals surface area (Å²) in [7, 11) is 0. The maximum atomic E-state index is 13.7. The number of halogens is 1. The molecular formula is C14H18FN3O. The first-order valence-electron chi connectivity index (χ1n) is 6.67. The normalized spacial score (nSPS) is 27.4. The van der Waals surface area contributed by atoms with Crippen LogP contribution < -0.4 is 11.1 Å². The van der Waals surface area contributed by atoms with Gasteiger partial charge in [0.25, 0.3) is 0 Å². The van der Waals surface area contributed by atoms with Crippen molar-refractivity contribution in [1.29, 1.82) is 0 Å². The molecule has 0 aromatic heterocycles. The molecule has 3 N–H and O–H groups in total. The average Bonchev–Trinajstić information content (AvgIpc) is 3.14. The minimum atomic E-state index is -0.842. The first-order valence-corrected chi connectivity index (χ1v) is 6.67. The van der Waals surface area contributed by atoms with Crippen LogP contribution in [0.4, 0.5) is 10.1 Å². The van der Waals surface area contributed by atoms with Crippen LogP contribution in [0, 0.1) is 5.82 Å². The van der Waals surface area contributed by atoms with Crippen molar-refractivity contribution in [3.8, 4) is 0 Å². The Hall–Kier alpha value is -1.62. The molecule has 1 amide bonds. The molecule has 4 nitrogen and oxygen atoms in total. The zero-order valence-corrected chi connectivity index (χ0v) is 10.7. The predicted octanol–water partition coefficient (Wildman–Crippen LogP) is 1.33. The van der Waals surface area contributed by atoms with E-state index >= 15 is 0 Å². The third-order valence-corrected chi connectivity index (χ3v) is 4.08. The van der Waals surface area contributed by atoms with Crippen molar-refractivity contribution < 1.29 is 9.18 Å². The van der Waals surface area contributed by atoms with Crippen LogP contribution in [0.5, 0.6) is 0 Å². The average molecular weight is 263 g/mol. The lowest BCUT2D eigenvalue weighted by atomic mass is 9.97. The number of nitrogens with zero attached hydrogens (tertiary/aromatic N) is 1. The highest BCUT2D eigenvalue weighted by Gasteiger charge is 2.47. The zero-order chi connectivity index (χ0) is 13.5. The molecule has 1 unspecified atom stereocenters.